The van der Waals surface area contributed by atoms with Crippen molar-refractivity contribution in [3.8, 4) is 0 Å². The van der Waals surface area contributed by atoms with Crippen LogP contribution in [0.5, 0.6) is 0 Å². The molecule has 1 amide bonds. The average molecular weight is 180 g/mol. The number of hydrogen-bond donors (Lipinski definition) is 0. The Kier molecular flexibility index (Phi) is 2.04. The minimum Gasteiger partial charge on any atom is -0.364 e. The number of carbonyl (C=O) groups is 1. The predicted octanol–water partition coefficient (Wildman–Crippen LogP) is 1.30. The first-order valence-electron chi connectivity index (χ1n) is 4.45. The van der Waals surface area contributed by atoms with Gasteiger partial charge in [-0.05, 0) is 19.3 Å². The first kappa shape index (κ1) is 8.29. The molecule has 13 heavy (non-hydrogen) atoms. The molecule has 0 radical (unpaired) electrons. The minimum absolute atomic E-state index is 0.00551. The lowest BCUT2D eigenvalue weighted by Crippen LogP contribution is -2.41. The summed E-state index contributed by atoms with van der Waals surface area (Å²) in [6.45, 7) is 0. The van der Waals surface area contributed by atoms with Crippen molar-refractivity contribution in [1.82, 2.24) is 10.1 Å². The molecule has 4 heteroatoms. The van der Waals surface area contributed by atoms with Crippen LogP contribution in [0.2, 0.25) is 0 Å². The summed E-state index contributed by atoms with van der Waals surface area (Å²) in [6.07, 6.45) is 6.31. The van der Waals surface area contributed by atoms with Crippen molar-refractivity contribution < 1.29 is 9.32 Å². The van der Waals surface area contributed by atoms with E-state index in [0.717, 1.165) is 12.8 Å². The number of amides is 1. The Morgan fingerprint density at radius 1 is 1.69 bits per heavy atom. The van der Waals surface area contributed by atoms with Gasteiger partial charge in [0.25, 0.3) is 5.91 Å². The Morgan fingerprint density at radius 3 is 2.92 bits per heavy atom. The van der Waals surface area contributed by atoms with E-state index in [1.54, 1.807) is 4.90 Å². The fourth-order valence-electron chi connectivity index (χ4n) is 1.45. The Hall–Kier alpha value is -1.32. The monoisotopic (exact) mass is 180 g/mol. The van der Waals surface area contributed by atoms with Crippen LogP contribution in [-0.4, -0.2) is 29.1 Å². The van der Waals surface area contributed by atoms with Crippen LogP contribution in [0.25, 0.3) is 0 Å². The molecule has 1 aromatic rings. The van der Waals surface area contributed by atoms with Gasteiger partial charge in [0.15, 0.2) is 0 Å². The third kappa shape index (κ3) is 1.43. The summed E-state index contributed by atoms with van der Waals surface area (Å²) >= 11 is 0. The van der Waals surface area contributed by atoms with Crippen LogP contribution >= 0.6 is 0 Å². The molecular weight excluding hydrogens is 168 g/mol. The third-order valence-corrected chi connectivity index (χ3v) is 2.62. The summed E-state index contributed by atoms with van der Waals surface area (Å²) < 4.78 is 4.62. The van der Waals surface area contributed by atoms with E-state index in [1.165, 1.54) is 18.9 Å². The van der Waals surface area contributed by atoms with Gasteiger partial charge < -0.3 is 9.42 Å². The van der Waals surface area contributed by atoms with Gasteiger partial charge in [-0.15, -0.1) is 0 Å². The molecule has 0 atom stereocenters. The van der Waals surface area contributed by atoms with E-state index in [1.807, 2.05) is 7.05 Å². The fraction of sp³-hybridized carbons (Fsp3) is 0.556. The van der Waals surface area contributed by atoms with E-state index in [9.17, 15) is 4.79 Å². The van der Waals surface area contributed by atoms with Gasteiger partial charge in [0.1, 0.15) is 6.26 Å². The highest BCUT2D eigenvalue weighted by molar-refractivity contribution is 5.93. The Bertz CT molecular complexity index is 291. The Labute approximate surface area is 76.5 Å². The SMILES string of the molecule is CN(C(=O)c1cnoc1)C1CCC1. The summed E-state index contributed by atoms with van der Waals surface area (Å²) in [5.74, 6) is 0.00551. The van der Waals surface area contributed by atoms with E-state index in [4.69, 9.17) is 0 Å². The molecule has 0 aliphatic heterocycles. The van der Waals surface area contributed by atoms with Crippen LogP contribution in [0.1, 0.15) is 29.6 Å². The van der Waals surface area contributed by atoms with Gasteiger partial charge in [0.2, 0.25) is 0 Å². The van der Waals surface area contributed by atoms with Gasteiger partial charge in [-0.1, -0.05) is 5.16 Å². The maximum Gasteiger partial charge on any atom is 0.258 e. The molecule has 1 aliphatic carbocycles. The number of carbonyl (C=O) groups excluding carboxylic acids is 1. The number of nitrogens with zero attached hydrogens (tertiary/aromatic N) is 2. The zero-order chi connectivity index (χ0) is 9.26. The summed E-state index contributed by atoms with van der Waals surface area (Å²) in [5, 5.41) is 3.51. The van der Waals surface area contributed by atoms with Crippen molar-refractivity contribution in [3.05, 3.63) is 18.0 Å². The molecule has 4 nitrogen and oxygen atoms in total. The van der Waals surface area contributed by atoms with Gasteiger partial charge >= 0.3 is 0 Å². The van der Waals surface area contributed by atoms with Crippen LogP contribution in [0.4, 0.5) is 0 Å². The summed E-state index contributed by atoms with van der Waals surface area (Å²) in [7, 11) is 1.83. The van der Waals surface area contributed by atoms with E-state index >= 15 is 0 Å². The molecule has 0 unspecified atom stereocenters. The third-order valence-electron chi connectivity index (χ3n) is 2.62. The number of hydrogen-bond acceptors (Lipinski definition) is 3. The highest BCUT2D eigenvalue weighted by Gasteiger charge is 2.26. The van der Waals surface area contributed by atoms with E-state index in [2.05, 4.69) is 9.68 Å². The van der Waals surface area contributed by atoms with Gasteiger partial charge in [-0.25, -0.2) is 0 Å². The molecule has 1 aromatic heterocycles. The van der Waals surface area contributed by atoms with Crippen molar-refractivity contribution >= 4 is 5.91 Å². The number of aromatic nitrogens is 1. The molecule has 0 bridgehead atoms. The highest BCUT2D eigenvalue weighted by atomic mass is 16.5. The molecule has 0 aromatic carbocycles. The molecule has 0 spiro atoms. The summed E-state index contributed by atoms with van der Waals surface area (Å²) in [4.78, 5) is 13.4. The zero-order valence-corrected chi connectivity index (χ0v) is 7.56. The van der Waals surface area contributed by atoms with Crippen LogP contribution in [-0.2, 0) is 0 Å². The van der Waals surface area contributed by atoms with Gasteiger partial charge in [-0.3, -0.25) is 4.79 Å². The lowest BCUT2D eigenvalue weighted by atomic mass is 9.91. The first-order chi connectivity index (χ1) is 6.29. The second-order valence-corrected chi connectivity index (χ2v) is 3.41. The van der Waals surface area contributed by atoms with E-state index in [-0.39, 0.29) is 5.91 Å². The zero-order valence-electron chi connectivity index (χ0n) is 7.56. The Balaban J connectivity index is 2.04. The van der Waals surface area contributed by atoms with Gasteiger partial charge in [0.05, 0.1) is 11.8 Å². The van der Waals surface area contributed by atoms with Gasteiger partial charge in [-0.2, -0.15) is 0 Å². The molecule has 1 heterocycles. The number of rotatable bonds is 2. The van der Waals surface area contributed by atoms with Crippen molar-refractivity contribution in [2.45, 2.75) is 25.3 Å². The maximum atomic E-state index is 11.7. The second-order valence-electron chi connectivity index (χ2n) is 3.41. The largest absolute Gasteiger partial charge is 0.364 e. The van der Waals surface area contributed by atoms with Crippen molar-refractivity contribution in [1.29, 1.82) is 0 Å². The molecule has 2 rings (SSSR count). The standard InChI is InChI=1S/C9H12N2O2/c1-11(8-3-2-4-8)9(12)7-5-10-13-6-7/h5-6,8H,2-4H2,1H3. The molecular formula is C9H12N2O2. The smallest absolute Gasteiger partial charge is 0.258 e. The van der Waals surface area contributed by atoms with E-state index in [0.29, 0.717) is 11.6 Å². The lowest BCUT2D eigenvalue weighted by Gasteiger charge is -2.34. The topological polar surface area (TPSA) is 46.3 Å². The lowest BCUT2D eigenvalue weighted by molar-refractivity contribution is 0.0651. The quantitative estimate of drug-likeness (QED) is 0.689. The molecule has 1 fully saturated rings. The van der Waals surface area contributed by atoms with Crippen LogP contribution in [0.3, 0.4) is 0 Å². The first-order valence-corrected chi connectivity index (χ1v) is 4.45. The maximum absolute atomic E-state index is 11.7. The highest BCUT2D eigenvalue weighted by Crippen LogP contribution is 2.24. The van der Waals surface area contributed by atoms with Crippen molar-refractivity contribution in [2.24, 2.45) is 0 Å². The molecule has 0 N–H and O–H groups in total. The van der Waals surface area contributed by atoms with Crippen LogP contribution in [0, 0.1) is 0 Å². The predicted molar refractivity (Wildman–Crippen MR) is 46.2 cm³/mol. The van der Waals surface area contributed by atoms with Gasteiger partial charge in [0, 0.05) is 13.1 Å². The van der Waals surface area contributed by atoms with E-state index < -0.39 is 0 Å². The normalized spacial score (nSPS) is 16.7. The summed E-state index contributed by atoms with van der Waals surface area (Å²) in [5.41, 5.74) is 0.536. The second kappa shape index (κ2) is 3.20. The molecule has 1 saturated carbocycles. The molecule has 70 valence electrons. The molecule has 0 saturated heterocycles. The Morgan fingerprint density at radius 2 is 2.46 bits per heavy atom. The average Bonchev–Trinajstić information content (AvgIpc) is 2.51. The van der Waals surface area contributed by atoms with Crippen LogP contribution in [0.15, 0.2) is 17.0 Å². The molecule has 1 aliphatic rings. The van der Waals surface area contributed by atoms with Crippen LogP contribution < -0.4 is 0 Å². The summed E-state index contributed by atoms with van der Waals surface area (Å²) in [6, 6.07) is 0.419. The van der Waals surface area contributed by atoms with Crippen molar-refractivity contribution in [3.63, 3.8) is 0 Å². The fourth-order valence-corrected chi connectivity index (χ4v) is 1.45. The van der Waals surface area contributed by atoms with Crippen molar-refractivity contribution in [2.75, 3.05) is 7.05 Å². The minimum atomic E-state index is 0.00551.